The van der Waals surface area contributed by atoms with E-state index in [4.69, 9.17) is 5.73 Å². The Morgan fingerprint density at radius 2 is 2.00 bits per heavy atom. The van der Waals surface area contributed by atoms with Crippen molar-refractivity contribution in [3.63, 3.8) is 0 Å². The molecule has 2 aromatic rings. The van der Waals surface area contributed by atoms with Crippen molar-refractivity contribution in [2.45, 2.75) is 20.4 Å². The van der Waals surface area contributed by atoms with Crippen LogP contribution in [0, 0.1) is 6.92 Å². The van der Waals surface area contributed by atoms with Gasteiger partial charge in [-0.2, -0.15) is 5.10 Å². The first-order valence-corrected chi connectivity index (χ1v) is 6.21. The second kappa shape index (κ2) is 5.14. The van der Waals surface area contributed by atoms with Crippen LogP contribution >= 0.6 is 0 Å². The Bertz CT molecular complexity index is 586. The van der Waals surface area contributed by atoms with E-state index in [-0.39, 0.29) is 5.91 Å². The molecule has 0 bridgehead atoms. The van der Waals surface area contributed by atoms with Crippen molar-refractivity contribution in [2.75, 3.05) is 17.7 Å². The topological polar surface area (TPSA) is 64.2 Å². The van der Waals surface area contributed by atoms with Gasteiger partial charge in [-0.3, -0.25) is 9.48 Å². The van der Waals surface area contributed by atoms with Gasteiger partial charge in [0.15, 0.2) is 0 Å². The monoisotopic (exact) mass is 258 g/mol. The smallest absolute Gasteiger partial charge is 0.276 e. The second-order valence-corrected chi connectivity index (χ2v) is 4.44. The molecule has 0 unspecified atom stereocenters. The third-order valence-corrected chi connectivity index (χ3v) is 3.01. The van der Waals surface area contributed by atoms with Gasteiger partial charge < -0.3 is 10.6 Å². The van der Waals surface area contributed by atoms with Crippen LogP contribution in [0.1, 0.15) is 23.1 Å². The van der Waals surface area contributed by atoms with Crippen molar-refractivity contribution in [1.82, 2.24) is 9.78 Å². The second-order valence-electron chi connectivity index (χ2n) is 4.44. The first-order chi connectivity index (χ1) is 9.02. The number of nitrogens with zero attached hydrogens (tertiary/aromatic N) is 3. The number of nitrogen functional groups attached to an aromatic ring is 1. The minimum Gasteiger partial charge on any atom is -0.399 e. The summed E-state index contributed by atoms with van der Waals surface area (Å²) in [4.78, 5) is 14.1. The Morgan fingerprint density at radius 3 is 2.58 bits per heavy atom. The van der Waals surface area contributed by atoms with Crippen LogP contribution in [0.2, 0.25) is 0 Å². The van der Waals surface area contributed by atoms with E-state index in [1.807, 2.05) is 26.0 Å². The number of anilines is 2. The molecule has 0 saturated heterocycles. The molecule has 0 spiro atoms. The molecule has 0 fully saturated rings. The number of hydrogen-bond acceptors (Lipinski definition) is 3. The predicted molar refractivity (Wildman–Crippen MR) is 76.2 cm³/mol. The summed E-state index contributed by atoms with van der Waals surface area (Å²) in [6.07, 6.45) is 0. The van der Waals surface area contributed by atoms with Gasteiger partial charge in [-0.15, -0.1) is 0 Å². The molecular formula is C14H18N4O. The van der Waals surface area contributed by atoms with E-state index in [1.165, 1.54) is 0 Å². The van der Waals surface area contributed by atoms with Gasteiger partial charge in [-0.25, -0.2) is 0 Å². The SMILES string of the molecule is CCn1nc(C)cc1C(=O)N(C)c1ccc(N)cc1. The number of aryl methyl sites for hydroxylation is 2. The Balaban J connectivity index is 2.30. The Labute approximate surface area is 112 Å². The zero-order valence-corrected chi connectivity index (χ0v) is 11.4. The molecule has 19 heavy (non-hydrogen) atoms. The van der Waals surface area contributed by atoms with Gasteiger partial charge in [0.1, 0.15) is 5.69 Å². The minimum absolute atomic E-state index is 0.0766. The number of hydrogen-bond donors (Lipinski definition) is 1. The van der Waals surface area contributed by atoms with Crippen LogP contribution in [0.5, 0.6) is 0 Å². The third-order valence-electron chi connectivity index (χ3n) is 3.01. The lowest BCUT2D eigenvalue weighted by molar-refractivity contribution is 0.0983. The average Bonchev–Trinajstić information content (AvgIpc) is 2.79. The fraction of sp³-hybridized carbons (Fsp3) is 0.286. The van der Waals surface area contributed by atoms with E-state index < -0.39 is 0 Å². The Hall–Kier alpha value is -2.30. The Morgan fingerprint density at radius 1 is 1.37 bits per heavy atom. The van der Waals surface area contributed by atoms with Gasteiger partial charge >= 0.3 is 0 Å². The lowest BCUT2D eigenvalue weighted by atomic mass is 10.2. The van der Waals surface area contributed by atoms with E-state index in [0.717, 1.165) is 11.4 Å². The van der Waals surface area contributed by atoms with Gasteiger partial charge in [0.05, 0.1) is 5.69 Å². The molecule has 0 saturated carbocycles. The molecule has 1 amide bonds. The van der Waals surface area contributed by atoms with Crippen LogP contribution in [0.3, 0.4) is 0 Å². The highest BCUT2D eigenvalue weighted by molar-refractivity contribution is 6.04. The lowest BCUT2D eigenvalue weighted by Gasteiger charge is -2.17. The van der Waals surface area contributed by atoms with E-state index in [2.05, 4.69) is 5.10 Å². The molecule has 1 aromatic carbocycles. The molecule has 0 aliphatic heterocycles. The maximum absolute atomic E-state index is 12.5. The zero-order chi connectivity index (χ0) is 14.0. The summed E-state index contributed by atoms with van der Waals surface area (Å²) in [5.74, 6) is -0.0766. The number of carbonyl (C=O) groups excluding carboxylic acids is 1. The Kier molecular flexibility index (Phi) is 3.55. The van der Waals surface area contributed by atoms with Crippen molar-refractivity contribution >= 4 is 17.3 Å². The van der Waals surface area contributed by atoms with Crippen LogP contribution in [-0.4, -0.2) is 22.7 Å². The molecule has 0 aliphatic carbocycles. The van der Waals surface area contributed by atoms with Gasteiger partial charge in [-0.05, 0) is 44.2 Å². The highest BCUT2D eigenvalue weighted by Crippen LogP contribution is 2.17. The molecule has 100 valence electrons. The molecule has 5 nitrogen and oxygen atoms in total. The molecule has 0 atom stereocenters. The van der Waals surface area contributed by atoms with Crippen molar-refractivity contribution in [1.29, 1.82) is 0 Å². The summed E-state index contributed by atoms with van der Waals surface area (Å²) in [5.41, 5.74) is 8.57. The summed E-state index contributed by atoms with van der Waals surface area (Å²) in [7, 11) is 1.75. The van der Waals surface area contributed by atoms with Crippen LogP contribution < -0.4 is 10.6 Å². The summed E-state index contributed by atoms with van der Waals surface area (Å²) in [6.45, 7) is 4.52. The minimum atomic E-state index is -0.0766. The quantitative estimate of drug-likeness (QED) is 0.857. The molecule has 2 rings (SSSR count). The molecule has 1 aromatic heterocycles. The van der Waals surface area contributed by atoms with Crippen molar-refractivity contribution < 1.29 is 4.79 Å². The van der Waals surface area contributed by atoms with E-state index in [0.29, 0.717) is 17.9 Å². The van der Waals surface area contributed by atoms with Gasteiger partial charge in [0.2, 0.25) is 0 Å². The zero-order valence-electron chi connectivity index (χ0n) is 11.4. The van der Waals surface area contributed by atoms with E-state index >= 15 is 0 Å². The largest absolute Gasteiger partial charge is 0.399 e. The molecular weight excluding hydrogens is 240 g/mol. The van der Waals surface area contributed by atoms with Crippen LogP contribution in [-0.2, 0) is 6.54 Å². The van der Waals surface area contributed by atoms with E-state index in [9.17, 15) is 4.79 Å². The molecule has 5 heteroatoms. The normalized spacial score (nSPS) is 10.5. The molecule has 0 radical (unpaired) electrons. The maximum Gasteiger partial charge on any atom is 0.276 e. The van der Waals surface area contributed by atoms with Crippen molar-refractivity contribution in [3.8, 4) is 0 Å². The third kappa shape index (κ3) is 2.59. The van der Waals surface area contributed by atoms with E-state index in [1.54, 1.807) is 34.8 Å². The molecule has 0 aliphatic rings. The maximum atomic E-state index is 12.5. The van der Waals surface area contributed by atoms with Gasteiger partial charge in [-0.1, -0.05) is 0 Å². The standard InChI is InChI=1S/C14H18N4O/c1-4-18-13(9-10(2)16-18)14(19)17(3)12-7-5-11(15)6-8-12/h5-9H,4,15H2,1-3H3. The summed E-state index contributed by atoms with van der Waals surface area (Å²) in [6, 6.07) is 9.02. The summed E-state index contributed by atoms with van der Waals surface area (Å²) >= 11 is 0. The van der Waals surface area contributed by atoms with Gasteiger partial charge in [0.25, 0.3) is 5.91 Å². The number of benzene rings is 1. The number of aromatic nitrogens is 2. The molecule has 1 heterocycles. The predicted octanol–water partition coefficient (Wildman–Crippen LogP) is 2.07. The van der Waals surface area contributed by atoms with Crippen LogP contribution in [0.15, 0.2) is 30.3 Å². The average molecular weight is 258 g/mol. The number of carbonyl (C=O) groups is 1. The number of nitrogens with two attached hydrogens (primary N) is 1. The summed E-state index contributed by atoms with van der Waals surface area (Å²) in [5, 5.41) is 4.29. The highest BCUT2D eigenvalue weighted by Gasteiger charge is 2.18. The van der Waals surface area contributed by atoms with Crippen molar-refractivity contribution in [3.05, 3.63) is 41.7 Å². The first kappa shape index (κ1) is 13.1. The number of rotatable bonds is 3. The fourth-order valence-electron chi connectivity index (χ4n) is 1.95. The van der Waals surface area contributed by atoms with Crippen molar-refractivity contribution in [2.24, 2.45) is 0 Å². The summed E-state index contributed by atoms with van der Waals surface area (Å²) < 4.78 is 1.71. The first-order valence-electron chi connectivity index (χ1n) is 6.21. The fourth-order valence-corrected chi connectivity index (χ4v) is 1.95. The van der Waals surface area contributed by atoms with Crippen LogP contribution in [0.4, 0.5) is 11.4 Å². The number of amides is 1. The molecule has 2 N–H and O–H groups in total. The van der Waals surface area contributed by atoms with Gasteiger partial charge in [0, 0.05) is 25.0 Å². The lowest BCUT2D eigenvalue weighted by Crippen LogP contribution is -2.28. The highest BCUT2D eigenvalue weighted by atomic mass is 16.2. The van der Waals surface area contributed by atoms with Crippen LogP contribution in [0.25, 0.3) is 0 Å².